The summed E-state index contributed by atoms with van der Waals surface area (Å²) in [6.07, 6.45) is 11.0. The molecule has 5 heteroatoms. The maximum atomic E-state index is 13.7. The van der Waals surface area contributed by atoms with Crippen LogP contribution < -0.4 is 0 Å². The van der Waals surface area contributed by atoms with E-state index in [9.17, 15) is 23.1 Å². The van der Waals surface area contributed by atoms with Gasteiger partial charge in [-0.1, -0.05) is 51.9 Å². The Morgan fingerprint density at radius 1 is 0.929 bits per heavy atom. The Bertz CT molecular complexity index is 664. The SMILES string of the molecule is CCC1CCC(CCC2CCC(C(=O)O)(c3cc(F)c(F)c(F)c3)CC2)CC1. The van der Waals surface area contributed by atoms with Crippen molar-refractivity contribution in [1.82, 2.24) is 0 Å². The summed E-state index contributed by atoms with van der Waals surface area (Å²) in [4.78, 5) is 12.0. The van der Waals surface area contributed by atoms with Crippen molar-refractivity contribution >= 4 is 5.97 Å². The van der Waals surface area contributed by atoms with Crippen LogP contribution in [0.4, 0.5) is 13.2 Å². The summed E-state index contributed by atoms with van der Waals surface area (Å²) < 4.78 is 40.6. The van der Waals surface area contributed by atoms with Gasteiger partial charge in [0.1, 0.15) is 0 Å². The molecule has 0 amide bonds. The molecule has 28 heavy (non-hydrogen) atoms. The van der Waals surface area contributed by atoms with Crippen molar-refractivity contribution in [3.05, 3.63) is 35.1 Å². The number of hydrogen-bond donors (Lipinski definition) is 1. The van der Waals surface area contributed by atoms with Crippen molar-refractivity contribution in [1.29, 1.82) is 0 Å². The molecule has 2 nitrogen and oxygen atoms in total. The van der Waals surface area contributed by atoms with Crippen LogP contribution in [0.3, 0.4) is 0 Å². The van der Waals surface area contributed by atoms with Gasteiger partial charge >= 0.3 is 5.97 Å². The summed E-state index contributed by atoms with van der Waals surface area (Å²) in [7, 11) is 0. The Labute approximate surface area is 165 Å². The first-order valence-corrected chi connectivity index (χ1v) is 10.7. The lowest BCUT2D eigenvalue weighted by atomic mass is 9.65. The zero-order valence-electron chi connectivity index (χ0n) is 16.7. The Kier molecular flexibility index (Phi) is 6.72. The van der Waals surface area contributed by atoms with Crippen LogP contribution in [0.25, 0.3) is 0 Å². The Morgan fingerprint density at radius 2 is 1.39 bits per heavy atom. The number of benzene rings is 1. The first-order chi connectivity index (χ1) is 13.4. The zero-order valence-corrected chi connectivity index (χ0v) is 16.7. The fraction of sp³-hybridized carbons (Fsp3) is 0.696. The van der Waals surface area contributed by atoms with Gasteiger partial charge in [0.05, 0.1) is 5.41 Å². The molecular weight excluding hydrogens is 365 g/mol. The van der Waals surface area contributed by atoms with Crippen LogP contribution >= 0.6 is 0 Å². The normalized spacial score (nSPS) is 30.9. The molecule has 0 atom stereocenters. The highest BCUT2D eigenvalue weighted by Gasteiger charge is 2.44. The summed E-state index contributed by atoms with van der Waals surface area (Å²) in [5.41, 5.74) is -1.27. The maximum Gasteiger partial charge on any atom is 0.314 e. The second-order valence-electron chi connectivity index (χ2n) is 8.96. The third-order valence-electron chi connectivity index (χ3n) is 7.43. The molecule has 2 saturated carbocycles. The van der Waals surface area contributed by atoms with Crippen LogP contribution in [0.5, 0.6) is 0 Å². The average molecular weight is 396 g/mol. The number of aliphatic carboxylic acids is 1. The van der Waals surface area contributed by atoms with Gasteiger partial charge in [-0.25, -0.2) is 13.2 Å². The number of carboxylic acid groups (broad SMARTS) is 1. The molecule has 1 N–H and O–H groups in total. The van der Waals surface area contributed by atoms with Crippen LogP contribution in [0.2, 0.25) is 0 Å². The lowest BCUT2D eigenvalue weighted by molar-refractivity contribution is -0.145. The molecule has 156 valence electrons. The van der Waals surface area contributed by atoms with Gasteiger partial charge in [0.25, 0.3) is 0 Å². The molecule has 0 spiro atoms. The van der Waals surface area contributed by atoms with Gasteiger partial charge < -0.3 is 5.11 Å². The highest BCUT2D eigenvalue weighted by Crippen LogP contribution is 2.44. The molecule has 0 heterocycles. The van der Waals surface area contributed by atoms with Crippen LogP contribution in [0.15, 0.2) is 12.1 Å². The molecule has 3 rings (SSSR count). The fourth-order valence-electron chi connectivity index (χ4n) is 5.32. The Hall–Kier alpha value is -1.52. The highest BCUT2D eigenvalue weighted by molar-refractivity contribution is 5.81. The minimum atomic E-state index is -1.55. The van der Waals surface area contributed by atoms with Crippen molar-refractivity contribution in [2.24, 2.45) is 17.8 Å². The zero-order chi connectivity index (χ0) is 20.3. The minimum Gasteiger partial charge on any atom is -0.481 e. The van der Waals surface area contributed by atoms with Gasteiger partial charge in [0.2, 0.25) is 0 Å². The number of carbonyl (C=O) groups is 1. The molecule has 1 aromatic rings. The minimum absolute atomic E-state index is 0.0488. The Balaban J connectivity index is 1.59. The van der Waals surface area contributed by atoms with Crippen molar-refractivity contribution in [3.8, 4) is 0 Å². The van der Waals surface area contributed by atoms with E-state index in [4.69, 9.17) is 0 Å². The summed E-state index contributed by atoms with van der Waals surface area (Å²) in [6, 6.07) is 1.72. The third-order valence-corrected chi connectivity index (χ3v) is 7.43. The van der Waals surface area contributed by atoms with Crippen LogP contribution in [-0.4, -0.2) is 11.1 Å². The molecule has 0 aliphatic heterocycles. The molecular formula is C23H31F3O2. The summed E-state index contributed by atoms with van der Waals surface area (Å²) in [5.74, 6) is -3.12. The van der Waals surface area contributed by atoms with Gasteiger partial charge in [-0.05, 0) is 61.1 Å². The van der Waals surface area contributed by atoms with E-state index < -0.39 is 28.8 Å². The molecule has 0 saturated heterocycles. The predicted octanol–water partition coefficient (Wildman–Crippen LogP) is 6.61. The fourth-order valence-corrected chi connectivity index (χ4v) is 5.32. The van der Waals surface area contributed by atoms with E-state index in [1.165, 1.54) is 38.5 Å². The molecule has 2 aliphatic rings. The highest BCUT2D eigenvalue weighted by atomic mass is 19.2. The lowest BCUT2D eigenvalue weighted by Crippen LogP contribution is -2.40. The first-order valence-electron chi connectivity index (χ1n) is 10.7. The average Bonchev–Trinajstić information content (AvgIpc) is 2.70. The lowest BCUT2D eigenvalue weighted by Gasteiger charge is -2.38. The third kappa shape index (κ3) is 4.38. The summed E-state index contributed by atoms with van der Waals surface area (Å²) in [6.45, 7) is 2.26. The van der Waals surface area contributed by atoms with Crippen molar-refractivity contribution in [3.63, 3.8) is 0 Å². The molecule has 0 radical (unpaired) electrons. The predicted molar refractivity (Wildman–Crippen MR) is 103 cm³/mol. The summed E-state index contributed by atoms with van der Waals surface area (Å²) in [5, 5.41) is 9.82. The van der Waals surface area contributed by atoms with E-state index >= 15 is 0 Å². The van der Waals surface area contributed by atoms with Crippen LogP contribution in [0, 0.1) is 35.2 Å². The van der Waals surface area contributed by atoms with E-state index in [2.05, 4.69) is 6.92 Å². The molecule has 0 unspecified atom stereocenters. The molecule has 1 aromatic carbocycles. The van der Waals surface area contributed by atoms with Crippen molar-refractivity contribution < 1.29 is 23.1 Å². The van der Waals surface area contributed by atoms with Gasteiger partial charge in [0, 0.05) is 0 Å². The van der Waals surface area contributed by atoms with Crippen molar-refractivity contribution in [2.45, 2.75) is 83.0 Å². The largest absolute Gasteiger partial charge is 0.481 e. The van der Waals surface area contributed by atoms with E-state index in [1.807, 2.05) is 0 Å². The van der Waals surface area contributed by atoms with Gasteiger partial charge in [-0.15, -0.1) is 0 Å². The van der Waals surface area contributed by atoms with Gasteiger partial charge in [-0.2, -0.15) is 0 Å². The van der Waals surface area contributed by atoms with Crippen LogP contribution in [0.1, 0.15) is 83.1 Å². The van der Waals surface area contributed by atoms with E-state index in [1.54, 1.807) is 0 Å². The van der Waals surface area contributed by atoms with E-state index in [0.717, 1.165) is 43.2 Å². The van der Waals surface area contributed by atoms with Gasteiger partial charge in [-0.3, -0.25) is 4.79 Å². The number of rotatable bonds is 6. The number of carboxylic acids is 1. The first kappa shape index (κ1) is 21.2. The topological polar surface area (TPSA) is 37.3 Å². The number of hydrogen-bond acceptors (Lipinski definition) is 1. The maximum absolute atomic E-state index is 13.7. The summed E-state index contributed by atoms with van der Waals surface area (Å²) >= 11 is 0. The molecule has 0 aromatic heterocycles. The molecule has 2 aliphatic carbocycles. The number of halogens is 3. The second kappa shape index (κ2) is 8.87. The molecule has 0 bridgehead atoms. The van der Waals surface area contributed by atoms with Crippen molar-refractivity contribution in [2.75, 3.05) is 0 Å². The van der Waals surface area contributed by atoms with E-state index in [0.29, 0.717) is 18.8 Å². The van der Waals surface area contributed by atoms with E-state index in [-0.39, 0.29) is 5.56 Å². The molecule has 2 fully saturated rings. The monoisotopic (exact) mass is 396 g/mol. The van der Waals surface area contributed by atoms with Crippen LogP contribution in [-0.2, 0) is 10.2 Å². The standard InChI is InChI=1S/C23H31F3O2/c1-2-15-3-5-16(6-4-15)7-8-17-9-11-23(12-10-17,22(27)28)18-13-19(24)21(26)20(25)14-18/h13-17H,2-12H2,1H3,(H,27,28). The second-order valence-corrected chi connectivity index (χ2v) is 8.96. The quantitative estimate of drug-likeness (QED) is 0.549. The van der Waals surface area contributed by atoms with Gasteiger partial charge in [0.15, 0.2) is 17.5 Å². The Morgan fingerprint density at radius 3 is 1.86 bits per heavy atom. The smallest absolute Gasteiger partial charge is 0.314 e.